The van der Waals surface area contributed by atoms with E-state index < -0.39 is 9.84 Å². The Hall–Kier alpha value is -0.830. The Balaban J connectivity index is 0.00000576. The molecule has 0 aromatic heterocycles. The molecule has 0 aliphatic heterocycles. The number of nitrogens with one attached hydrogen (secondary N) is 2. The fraction of sp³-hybridized carbons (Fsp3) is 0.611. The van der Waals surface area contributed by atoms with Gasteiger partial charge in [-0.2, -0.15) is 0 Å². The van der Waals surface area contributed by atoms with Crippen molar-refractivity contribution >= 4 is 39.8 Å². The highest BCUT2D eigenvalue weighted by Crippen LogP contribution is 2.12. The van der Waals surface area contributed by atoms with Gasteiger partial charge >= 0.3 is 0 Å². The van der Waals surface area contributed by atoms with Crippen LogP contribution in [0.2, 0.25) is 0 Å². The van der Waals surface area contributed by atoms with Crippen LogP contribution in [0.3, 0.4) is 0 Å². The van der Waals surface area contributed by atoms with E-state index in [0.717, 1.165) is 32.4 Å². The number of halogens is 1. The first-order valence-corrected chi connectivity index (χ1v) is 10.5. The van der Waals surface area contributed by atoms with Crippen molar-refractivity contribution in [2.24, 2.45) is 4.99 Å². The molecular formula is C18H32IN3O2S. The zero-order valence-electron chi connectivity index (χ0n) is 15.5. The summed E-state index contributed by atoms with van der Waals surface area (Å²) in [6.45, 7) is 7.66. The summed E-state index contributed by atoms with van der Waals surface area (Å²) in [7, 11) is -3.31. The first-order chi connectivity index (χ1) is 11.5. The van der Waals surface area contributed by atoms with Gasteiger partial charge in [0.1, 0.15) is 0 Å². The molecule has 2 N–H and O–H groups in total. The summed E-state index contributed by atoms with van der Waals surface area (Å²) in [5, 5.41) is 6.46. The zero-order chi connectivity index (χ0) is 17.8. The van der Waals surface area contributed by atoms with Crippen LogP contribution in [0.5, 0.6) is 0 Å². The molecule has 0 spiro atoms. The van der Waals surface area contributed by atoms with E-state index in [1.165, 1.54) is 0 Å². The maximum Gasteiger partial charge on any atom is 0.191 e. The Kier molecular flexibility index (Phi) is 12.9. The van der Waals surface area contributed by atoms with Gasteiger partial charge in [0.2, 0.25) is 0 Å². The van der Waals surface area contributed by atoms with Crippen molar-refractivity contribution in [1.82, 2.24) is 10.6 Å². The summed E-state index contributed by atoms with van der Waals surface area (Å²) in [5.41, 5.74) is 0. The van der Waals surface area contributed by atoms with Crippen LogP contribution in [0, 0.1) is 0 Å². The molecule has 0 aliphatic carbocycles. The third-order valence-corrected chi connectivity index (χ3v) is 5.56. The lowest BCUT2D eigenvalue weighted by Crippen LogP contribution is -2.46. The predicted octanol–water partition coefficient (Wildman–Crippen LogP) is 3.60. The number of hydrogen-bond acceptors (Lipinski definition) is 3. The monoisotopic (exact) mass is 481 g/mol. The lowest BCUT2D eigenvalue weighted by Gasteiger charge is -2.20. The van der Waals surface area contributed by atoms with Gasteiger partial charge in [-0.3, -0.25) is 4.99 Å². The van der Waals surface area contributed by atoms with Crippen LogP contribution in [0.15, 0.2) is 40.2 Å². The van der Waals surface area contributed by atoms with Gasteiger partial charge in [0.25, 0.3) is 0 Å². The highest BCUT2D eigenvalue weighted by atomic mass is 127. The molecular weight excluding hydrogens is 449 g/mol. The van der Waals surface area contributed by atoms with Crippen molar-refractivity contribution in [3.8, 4) is 0 Å². The molecule has 1 rings (SSSR count). The molecule has 0 amide bonds. The maximum atomic E-state index is 12.5. The summed E-state index contributed by atoms with van der Waals surface area (Å²) >= 11 is 0. The van der Waals surface area contributed by atoms with Crippen molar-refractivity contribution in [2.45, 2.75) is 57.4 Å². The molecule has 0 bridgehead atoms. The van der Waals surface area contributed by atoms with Gasteiger partial charge in [0, 0.05) is 19.1 Å². The summed E-state index contributed by atoms with van der Waals surface area (Å²) < 4.78 is 25.1. The van der Waals surface area contributed by atoms with Gasteiger partial charge < -0.3 is 10.6 Å². The van der Waals surface area contributed by atoms with Crippen LogP contribution in [0.25, 0.3) is 0 Å². The van der Waals surface area contributed by atoms with Gasteiger partial charge in [0.15, 0.2) is 15.8 Å². The topological polar surface area (TPSA) is 70.6 Å². The van der Waals surface area contributed by atoms with E-state index in [4.69, 9.17) is 0 Å². The third-order valence-electron chi connectivity index (χ3n) is 3.73. The molecule has 5 nitrogen and oxygen atoms in total. The zero-order valence-corrected chi connectivity index (χ0v) is 18.6. The summed E-state index contributed by atoms with van der Waals surface area (Å²) in [4.78, 5) is 4.91. The fourth-order valence-corrected chi connectivity index (χ4v) is 3.93. The van der Waals surface area contributed by atoms with E-state index in [2.05, 4.69) is 22.5 Å². The number of unbranched alkanes of at least 4 members (excludes halogenated alkanes) is 2. The number of sulfone groups is 1. The van der Waals surface area contributed by atoms with E-state index in [-0.39, 0.29) is 35.8 Å². The molecule has 1 atom stereocenters. The van der Waals surface area contributed by atoms with Crippen molar-refractivity contribution in [1.29, 1.82) is 0 Å². The number of benzene rings is 1. The highest BCUT2D eigenvalue weighted by Gasteiger charge is 2.20. The lowest BCUT2D eigenvalue weighted by atomic mass is 10.2. The van der Waals surface area contributed by atoms with Crippen LogP contribution in [-0.2, 0) is 9.84 Å². The Bertz CT molecular complexity index is 592. The fourth-order valence-electron chi connectivity index (χ4n) is 2.32. The SMILES string of the molecule is CCCCCN=C(NCC)NC(CC)CS(=O)(=O)c1ccccc1.I. The minimum absolute atomic E-state index is 0. The molecule has 1 aromatic rings. The number of guanidine groups is 1. The van der Waals surface area contributed by atoms with E-state index >= 15 is 0 Å². The number of nitrogens with zero attached hydrogens (tertiary/aromatic N) is 1. The Morgan fingerprint density at radius 3 is 2.36 bits per heavy atom. The van der Waals surface area contributed by atoms with E-state index in [1.807, 2.05) is 19.9 Å². The van der Waals surface area contributed by atoms with Gasteiger partial charge in [-0.05, 0) is 31.9 Å². The summed E-state index contributed by atoms with van der Waals surface area (Å²) in [6, 6.07) is 8.44. The van der Waals surface area contributed by atoms with Crippen molar-refractivity contribution < 1.29 is 8.42 Å². The number of aliphatic imine (C=N–C) groups is 1. The quantitative estimate of drug-likeness (QED) is 0.232. The molecule has 25 heavy (non-hydrogen) atoms. The second-order valence-electron chi connectivity index (χ2n) is 5.81. The maximum absolute atomic E-state index is 12.5. The molecule has 0 saturated carbocycles. The molecule has 0 aliphatic rings. The van der Waals surface area contributed by atoms with E-state index in [0.29, 0.717) is 17.3 Å². The van der Waals surface area contributed by atoms with E-state index in [1.54, 1.807) is 24.3 Å². The smallest absolute Gasteiger partial charge is 0.191 e. The summed E-state index contributed by atoms with van der Waals surface area (Å²) in [6.07, 6.45) is 4.08. The number of hydrogen-bond donors (Lipinski definition) is 2. The Morgan fingerprint density at radius 1 is 1.12 bits per heavy atom. The largest absolute Gasteiger partial charge is 0.357 e. The first-order valence-electron chi connectivity index (χ1n) is 8.86. The lowest BCUT2D eigenvalue weighted by molar-refractivity contribution is 0.568. The van der Waals surface area contributed by atoms with Crippen molar-refractivity contribution in [2.75, 3.05) is 18.8 Å². The molecule has 0 heterocycles. The van der Waals surface area contributed by atoms with Gasteiger partial charge in [-0.15, -0.1) is 24.0 Å². The van der Waals surface area contributed by atoms with Crippen LogP contribution < -0.4 is 10.6 Å². The summed E-state index contributed by atoms with van der Waals surface area (Å²) in [5.74, 6) is 0.760. The van der Waals surface area contributed by atoms with Gasteiger partial charge in [-0.25, -0.2) is 8.42 Å². The van der Waals surface area contributed by atoms with Crippen molar-refractivity contribution in [3.05, 3.63) is 30.3 Å². The third kappa shape index (κ3) is 9.44. The molecule has 0 fully saturated rings. The molecule has 7 heteroatoms. The normalized spacial score (nSPS) is 13.0. The number of rotatable bonds is 10. The molecule has 144 valence electrons. The average Bonchev–Trinajstić information content (AvgIpc) is 2.58. The van der Waals surface area contributed by atoms with Gasteiger partial charge in [0.05, 0.1) is 10.6 Å². The molecule has 1 aromatic carbocycles. The van der Waals surface area contributed by atoms with Crippen molar-refractivity contribution in [3.63, 3.8) is 0 Å². The second-order valence-corrected chi connectivity index (χ2v) is 7.85. The molecule has 0 saturated heterocycles. The minimum Gasteiger partial charge on any atom is -0.357 e. The molecule has 0 radical (unpaired) electrons. The minimum atomic E-state index is -3.31. The highest BCUT2D eigenvalue weighted by molar-refractivity contribution is 14.0. The predicted molar refractivity (Wildman–Crippen MR) is 117 cm³/mol. The van der Waals surface area contributed by atoms with Crippen LogP contribution in [-0.4, -0.2) is 39.3 Å². The van der Waals surface area contributed by atoms with Gasteiger partial charge in [-0.1, -0.05) is 44.9 Å². The Labute approximate surface area is 170 Å². The van der Waals surface area contributed by atoms with Crippen LogP contribution in [0.1, 0.15) is 46.5 Å². The van der Waals surface area contributed by atoms with E-state index in [9.17, 15) is 8.42 Å². The van der Waals surface area contributed by atoms with Crippen LogP contribution >= 0.6 is 24.0 Å². The second kappa shape index (κ2) is 13.4. The van der Waals surface area contributed by atoms with Crippen LogP contribution in [0.4, 0.5) is 0 Å². The Morgan fingerprint density at radius 2 is 1.80 bits per heavy atom. The standard InChI is InChI=1S/C18H31N3O2S.HI/c1-4-7-11-14-20-18(19-6-3)21-16(5-2)15-24(22,23)17-12-9-8-10-13-17;/h8-10,12-13,16H,4-7,11,14-15H2,1-3H3,(H2,19,20,21);1H. The molecule has 1 unspecified atom stereocenters. The average molecular weight is 481 g/mol. The first kappa shape index (κ1) is 24.2.